The maximum atomic E-state index is 5.84. The van der Waals surface area contributed by atoms with Gasteiger partial charge >= 0.3 is 0 Å². The summed E-state index contributed by atoms with van der Waals surface area (Å²) in [5, 5.41) is 14.2. The third-order valence-electron chi connectivity index (χ3n) is 3.74. The van der Waals surface area contributed by atoms with Gasteiger partial charge in [0.05, 0.1) is 18.6 Å². The van der Waals surface area contributed by atoms with E-state index in [1.807, 2.05) is 19.2 Å². The number of fused-ring (bicyclic) bond motifs is 1. The Morgan fingerprint density at radius 1 is 1.40 bits per heavy atom. The molecule has 4 nitrogen and oxygen atoms in total. The first-order valence-corrected chi connectivity index (χ1v) is 7.84. The average Bonchev–Trinajstić information content (AvgIpc) is 2.98. The van der Waals surface area contributed by atoms with Gasteiger partial charge in [0.1, 0.15) is 15.8 Å². The largest absolute Gasteiger partial charge is 0.493 e. The summed E-state index contributed by atoms with van der Waals surface area (Å²) in [6, 6.07) is 8.54. The Morgan fingerprint density at radius 2 is 2.25 bits per heavy atom. The predicted molar refractivity (Wildman–Crippen MR) is 80.4 cm³/mol. The van der Waals surface area contributed by atoms with Crippen molar-refractivity contribution in [2.45, 2.75) is 31.7 Å². The summed E-state index contributed by atoms with van der Waals surface area (Å²) in [5.74, 6) is 1.33. The van der Waals surface area contributed by atoms with E-state index in [0.717, 1.165) is 28.6 Å². The van der Waals surface area contributed by atoms with E-state index in [1.165, 1.54) is 5.56 Å². The first-order chi connectivity index (χ1) is 9.81. The molecule has 0 saturated carbocycles. The third-order valence-corrected chi connectivity index (χ3v) is 4.94. The standard InChI is InChI=1S/C15H19N3OS/c1-3-12(16-2)15-18-17-14(20-15)11-8-10-6-4-5-7-13(10)19-9-11/h4-7,11-12,16H,3,8-9H2,1-2H3. The zero-order valence-corrected chi connectivity index (χ0v) is 12.6. The number of benzene rings is 1. The normalized spacial score (nSPS) is 19.2. The molecule has 20 heavy (non-hydrogen) atoms. The monoisotopic (exact) mass is 289 g/mol. The molecule has 0 bridgehead atoms. The summed E-state index contributed by atoms with van der Waals surface area (Å²) < 4.78 is 5.84. The van der Waals surface area contributed by atoms with E-state index in [4.69, 9.17) is 4.74 Å². The predicted octanol–water partition coefficient (Wildman–Crippen LogP) is 2.93. The zero-order valence-electron chi connectivity index (χ0n) is 11.8. The van der Waals surface area contributed by atoms with Gasteiger partial charge in [0.2, 0.25) is 0 Å². The zero-order chi connectivity index (χ0) is 13.9. The second-order valence-electron chi connectivity index (χ2n) is 5.05. The number of ether oxygens (including phenoxy) is 1. The van der Waals surface area contributed by atoms with E-state index < -0.39 is 0 Å². The molecule has 2 aromatic rings. The molecule has 0 saturated heterocycles. The number of hydrogen-bond acceptors (Lipinski definition) is 5. The van der Waals surface area contributed by atoms with Gasteiger partial charge in [0, 0.05) is 0 Å². The van der Waals surface area contributed by atoms with Crippen molar-refractivity contribution >= 4 is 11.3 Å². The summed E-state index contributed by atoms with van der Waals surface area (Å²) >= 11 is 1.71. The van der Waals surface area contributed by atoms with E-state index >= 15 is 0 Å². The molecule has 1 aromatic heterocycles. The Hall–Kier alpha value is -1.46. The molecule has 106 valence electrons. The average molecular weight is 289 g/mol. The SMILES string of the molecule is CCC(NC)c1nnc(C2COc3ccccc3C2)s1. The number of aromatic nitrogens is 2. The van der Waals surface area contributed by atoms with Gasteiger partial charge < -0.3 is 10.1 Å². The number of rotatable bonds is 4. The molecule has 1 N–H and O–H groups in total. The molecule has 2 heterocycles. The van der Waals surface area contributed by atoms with Crippen LogP contribution in [0.5, 0.6) is 5.75 Å². The molecular weight excluding hydrogens is 270 g/mol. The van der Waals surface area contributed by atoms with Gasteiger partial charge in [-0.25, -0.2) is 0 Å². The van der Waals surface area contributed by atoms with E-state index in [2.05, 4.69) is 34.6 Å². The van der Waals surface area contributed by atoms with Crippen LogP contribution in [-0.4, -0.2) is 23.9 Å². The number of nitrogens with zero attached hydrogens (tertiary/aromatic N) is 2. The topological polar surface area (TPSA) is 47.0 Å². The fourth-order valence-electron chi connectivity index (χ4n) is 2.54. The van der Waals surface area contributed by atoms with Crippen molar-refractivity contribution in [3.05, 3.63) is 39.8 Å². The second kappa shape index (κ2) is 5.89. The van der Waals surface area contributed by atoms with Crippen LogP contribution < -0.4 is 10.1 Å². The molecule has 2 atom stereocenters. The molecular formula is C15H19N3OS. The molecule has 2 unspecified atom stereocenters. The van der Waals surface area contributed by atoms with Gasteiger partial charge in [-0.3, -0.25) is 0 Å². The van der Waals surface area contributed by atoms with E-state index in [1.54, 1.807) is 11.3 Å². The number of hydrogen-bond donors (Lipinski definition) is 1. The Morgan fingerprint density at radius 3 is 3.05 bits per heavy atom. The molecule has 3 rings (SSSR count). The fraction of sp³-hybridized carbons (Fsp3) is 0.467. The van der Waals surface area contributed by atoms with Crippen LogP contribution in [0.1, 0.15) is 40.9 Å². The molecule has 0 radical (unpaired) electrons. The van der Waals surface area contributed by atoms with E-state index in [-0.39, 0.29) is 0 Å². The van der Waals surface area contributed by atoms with Crippen molar-refractivity contribution in [1.82, 2.24) is 15.5 Å². The Balaban J connectivity index is 1.78. The first-order valence-electron chi connectivity index (χ1n) is 7.03. The minimum atomic E-state index is 0.304. The van der Waals surface area contributed by atoms with Gasteiger partial charge in [0.25, 0.3) is 0 Å². The summed E-state index contributed by atoms with van der Waals surface area (Å²) in [6.07, 6.45) is 2.01. The summed E-state index contributed by atoms with van der Waals surface area (Å²) in [4.78, 5) is 0. The van der Waals surface area contributed by atoms with Crippen molar-refractivity contribution in [3.8, 4) is 5.75 Å². The number of para-hydroxylation sites is 1. The van der Waals surface area contributed by atoms with Gasteiger partial charge in [-0.05, 0) is 31.5 Å². The summed E-state index contributed by atoms with van der Waals surface area (Å²) in [5.41, 5.74) is 1.26. The van der Waals surface area contributed by atoms with Crippen LogP contribution in [0, 0.1) is 0 Å². The van der Waals surface area contributed by atoms with E-state index in [0.29, 0.717) is 18.6 Å². The first kappa shape index (κ1) is 13.5. The minimum Gasteiger partial charge on any atom is -0.493 e. The van der Waals surface area contributed by atoms with Gasteiger partial charge in [-0.2, -0.15) is 0 Å². The highest BCUT2D eigenvalue weighted by Crippen LogP contribution is 2.34. The molecule has 0 spiro atoms. The lowest BCUT2D eigenvalue weighted by atomic mass is 9.97. The molecule has 1 aromatic carbocycles. The van der Waals surface area contributed by atoms with Crippen LogP contribution in [0.3, 0.4) is 0 Å². The maximum absolute atomic E-state index is 5.84. The minimum absolute atomic E-state index is 0.304. The molecule has 0 fully saturated rings. The molecule has 5 heteroatoms. The maximum Gasteiger partial charge on any atom is 0.134 e. The number of nitrogens with one attached hydrogen (secondary N) is 1. The van der Waals surface area contributed by atoms with Gasteiger partial charge in [0.15, 0.2) is 0 Å². The molecule has 1 aliphatic heterocycles. The summed E-state index contributed by atoms with van der Waals surface area (Å²) in [7, 11) is 1.97. The highest BCUT2D eigenvalue weighted by Gasteiger charge is 2.25. The van der Waals surface area contributed by atoms with Gasteiger partial charge in [-0.1, -0.05) is 36.5 Å². The fourth-order valence-corrected chi connectivity index (χ4v) is 3.66. The smallest absolute Gasteiger partial charge is 0.134 e. The Labute approximate surface area is 123 Å². The molecule has 0 amide bonds. The van der Waals surface area contributed by atoms with Crippen LogP contribution >= 0.6 is 11.3 Å². The van der Waals surface area contributed by atoms with Crippen LogP contribution in [0.2, 0.25) is 0 Å². The van der Waals surface area contributed by atoms with Crippen molar-refractivity contribution in [1.29, 1.82) is 0 Å². The van der Waals surface area contributed by atoms with Gasteiger partial charge in [-0.15, -0.1) is 10.2 Å². The highest BCUT2D eigenvalue weighted by molar-refractivity contribution is 7.11. The van der Waals surface area contributed by atoms with Crippen LogP contribution in [0.4, 0.5) is 0 Å². The van der Waals surface area contributed by atoms with Crippen LogP contribution in [0.25, 0.3) is 0 Å². The van der Waals surface area contributed by atoms with Crippen molar-refractivity contribution in [2.24, 2.45) is 0 Å². The lowest BCUT2D eigenvalue weighted by Gasteiger charge is -2.23. The summed E-state index contributed by atoms with van der Waals surface area (Å²) in [6.45, 7) is 2.85. The Kier molecular flexibility index (Phi) is 3.98. The van der Waals surface area contributed by atoms with Crippen LogP contribution in [-0.2, 0) is 6.42 Å². The molecule has 1 aliphatic rings. The van der Waals surface area contributed by atoms with Crippen LogP contribution in [0.15, 0.2) is 24.3 Å². The highest BCUT2D eigenvalue weighted by atomic mass is 32.1. The Bertz CT molecular complexity index is 580. The molecule has 0 aliphatic carbocycles. The quantitative estimate of drug-likeness (QED) is 0.940. The third kappa shape index (κ3) is 2.55. The van der Waals surface area contributed by atoms with Crippen molar-refractivity contribution in [3.63, 3.8) is 0 Å². The second-order valence-corrected chi connectivity index (χ2v) is 6.09. The van der Waals surface area contributed by atoms with Crippen molar-refractivity contribution in [2.75, 3.05) is 13.7 Å². The van der Waals surface area contributed by atoms with E-state index in [9.17, 15) is 0 Å². The van der Waals surface area contributed by atoms with Crippen molar-refractivity contribution < 1.29 is 4.74 Å². The lowest BCUT2D eigenvalue weighted by Crippen LogP contribution is -2.18. The lowest BCUT2D eigenvalue weighted by molar-refractivity contribution is 0.262.